The maximum absolute atomic E-state index is 12.5. The molecule has 1 aromatic carbocycles. The lowest BCUT2D eigenvalue weighted by molar-refractivity contribution is 0.0951. The van der Waals surface area contributed by atoms with Crippen molar-refractivity contribution >= 4 is 11.7 Å². The van der Waals surface area contributed by atoms with E-state index in [2.05, 4.69) is 20.3 Å². The van der Waals surface area contributed by atoms with Crippen molar-refractivity contribution in [2.45, 2.75) is 6.54 Å². The van der Waals surface area contributed by atoms with E-state index in [1.807, 2.05) is 48.7 Å². The molecule has 3 aromatic heterocycles. The van der Waals surface area contributed by atoms with E-state index < -0.39 is 0 Å². The summed E-state index contributed by atoms with van der Waals surface area (Å²) in [5.41, 5.74) is 9.46. The molecule has 0 saturated heterocycles. The Hall–Kier alpha value is -4.07. The zero-order chi connectivity index (χ0) is 19.3. The summed E-state index contributed by atoms with van der Waals surface area (Å²) in [5.74, 6) is -0.201. The first-order valence-corrected chi connectivity index (χ1v) is 8.60. The highest BCUT2D eigenvalue weighted by Crippen LogP contribution is 2.23. The molecule has 3 N–H and O–H groups in total. The molecular weight excluding hydrogens is 354 g/mol. The van der Waals surface area contributed by atoms with Crippen molar-refractivity contribution in [2.75, 3.05) is 5.73 Å². The van der Waals surface area contributed by atoms with Gasteiger partial charge in [0.2, 0.25) is 0 Å². The Kier molecular flexibility index (Phi) is 4.75. The van der Waals surface area contributed by atoms with Crippen LogP contribution < -0.4 is 11.1 Å². The quantitative estimate of drug-likeness (QED) is 0.556. The first-order valence-electron chi connectivity index (χ1n) is 8.60. The van der Waals surface area contributed by atoms with Crippen LogP contribution in [-0.4, -0.2) is 30.6 Å². The number of carbonyl (C=O) groups is 1. The van der Waals surface area contributed by atoms with Gasteiger partial charge in [0.1, 0.15) is 12.1 Å². The Morgan fingerprint density at radius 3 is 2.61 bits per heavy atom. The number of nitrogens with two attached hydrogens (primary N) is 1. The molecule has 1 amide bonds. The highest BCUT2D eigenvalue weighted by Gasteiger charge is 2.15. The van der Waals surface area contributed by atoms with Gasteiger partial charge in [-0.3, -0.25) is 9.78 Å². The van der Waals surface area contributed by atoms with E-state index in [0.29, 0.717) is 0 Å². The van der Waals surface area contributed by atoms with E-state index >= 15 is 0 Å². The number of nitrogens with one attached hydrogen (secondary N) is 1. The molecule has 0 fully saturated rings. The lowest BCUT2D eigenvalue weighted by Crippen LogP contribution is -2.24. The summed E-state index contributed by atoms with van der Waals surface area (Å²) in [6.45, 7) is 0.275. The van der Waals surface area contributed by atoms with Crippen molar-refractivity contribution in [3.8, 4) is 16.9 Å². The van der Waals surface area contributed by atoms with Crippen molar-refractivity contribution in [3.05, 3.63) is 84.7 Å². The highest BCUT2D eigenvalue weighted by atomic mass is 16.1. The summed E-state index contributed by atoms with van der Waals surface area (Å²) in [5, 5.41) is 7.57. The number of rotatable bonds is 5. The molecule has 0 aliphatic carbocycles. The number of aromatic nitrogens is 5. The Morgan fingerprint density at radius 2 is 1.86 bits per heavy atom. The molecule has 28 heavy (non-hydrogen) atoms. The summed E-state index contributed by atoms with van der Waals surface area (Å²) >= 11 is 0. The number of hydrogen-bond acceptors (Lipinski definition) is 6. The topological polar surface area (TPSA) is 112 Å². The highest BCUT2D eigenvalue weighted by molar-refractivity contribution is 5.97. The Morgan fingerprint density at radius 1 is 1.07 bits per heavy atom. The summed E-state index contributed by atoms with van der Waals surface area (Å²) in [6.07, 6.45) is 8.02. The first kappa shape index (κ1) is 17.3. The smallest absolute Gasteiger partial charge is 0.256 e. The van der Waals surface area contributed by atoms with Crippen molar-refractivity contribution in [1.29, 1.82) is 0 Å². The summed E-state index contributed by atoms with van der Waals surface area (Å²) in [6, 6.07) is 13.5. The van der Waals surface area contributed by atoms with Crippen molar-refractivity contribution in [1.82, 2.24) is 30.0 Å². The number of carbonyl (C=O) groups excluding carboxylic acids is 1. The van der Waals surface area contributed by atoms with Crippen LogP contribution in [-0.2, 0) is 6.54 Å². The maximum atomic E-state index is 12.5. The predicted molar refractivity (Wildman–Crippen MR) is 104 cm³/mol. The van der Waals surface area contributed by atoms with Gasteiger partial charge >= 0.3 is 0 Å². The molecule has 0 unspecified atom stereocenters. The molecule has 0 aliphatic rings. The number of nitrogens with zero attached hydrogens (tertiary/aromatic N) is 5. The third kappa shape index (κ3) is 3.56. The number of para-hydroxylation sites is 1. The van der Waals surface area contributed by atoms with E-state index in [4.69, 9.17) is 10.8 Å². The van der Waals surface area contributed by atoms with Crippen LogP contribution in [0, 0.1) is 0 Å². The second-order valence-corrected chi connectivity index (χ2v) is 6.02. The molecule has 8 heteroatoms. The number of benzene rings is 1. The fourth-order valence-electron chi connectivity index (χ4n) is 2.79. The van der Waals surface area contributed by atoms with Gasteiger partial charge in [-0.1, -0.05) is 18.2 Å². The standard InChI is InChI=1S/C20H17N7O/c21-19-17(11-23-13-25-19)20(28)24-10-15-12-27(16-4-2-1-3-5-16)26-18(15)14-6-8-22-9-7-14/h1-9,11-13H,10H2,(H,24,28)(H2,21,23,25). The van der Waals surface area contributed by atoms with Gasteiger partial charge in [-0.2, -0.15) is 5.10 Å². The molecule has 0 atom stereocenters. The molecule has 4 aromatic rings. The Labute approximate surface area is 161 Å². The third-order valence-electron chi connectivity index (χ3n) is 4.19. The van der Waals surface area contributed by atoms with Gasteiger partial charge in [0.25, 0.3) is 5.91 Å². The van der Waals surface area contributed by atoms with E-state index in [9.17, 15) is 4.79 Å². The van der Waals surface area contributed by atoms with Gasteiger partial charge in [0.05, 0.1) is 16.9 Å². The van der Waals surface area contributed by atoms with E-state index in [1.54, 1.807) is 17.1 Å². The summed E-state index contributed by atoms with van der Waals surface area (Å²) in [4.78, 5) is 24.2. The minimum atomic E-state index is -0.341. The predicted octanol–water partition coefficient (Wildman–Crippen LogP) is 2.24. The molecule has 0 aliphatic heterocycles. The number of hydrogen-bond donors (Lipinski definition) is 2. The van der Waals surface area contributed by atoms with Crippen LogP contribution in [0.3, 0.4) is 0 Å². The number of anilines is 1. The van der Waals surface area contributed by atoms with Gasteiger partial charge < -0.3 is 11.1 Å². The van der Waals surface area contributed by atoms with Crippen molar-refractivity contribution in [2.24, 2.45) is 0 Å². The van der Waals surface area contributed by atoms with Crippen LogP contribution in [0.15, 0.2) is 73.6 Å². The average molecular weight is 371 g/mol. The number of amides is 1. The zero-order valence-corrected chi connectivity index (χ0v) is 14.9. The molecule has 138 valence electrons. The van der Waals surface area contributed by atoms with Gasteiger partial charge in [-0.25, -0.2) is 14.6 Å². The molecule has 4 rings (SSSR count). The van der Waals surface area contributed by atoms with Gasteiger partial charge in [-0.05, 0) is 24.3 Å². The first-order chi connectivity index (χ1) is 13.7. The Balaban J connectivity index is 1.64. The number of nitrogen functional groups attached to an aromatic ring is 1. The summed E-state index contributed by atoms with van der Waals surface area (Å²) < 4.78 is 1.79. The monoisotopic (exact) mass is 371 g/mol. The van der Waals surface area contributed by atoms with E-state index in [-0.39, 0.29) is 23.8 Å². The minimum Gasteiger partial charge on any atom is -0.383 e. The molecule has 0 radical (unpaired) electrons. The van der Waals surface area contributed by atoms with Crippen LogP contribution in [0.25, 0.3) is 16.9 Å². The Bertz CT molecular complexity index is 1090. The average Bonchev–Trinajstić information content (AvgIpc) is 3.18. The maximum Gasteiger partial charge on any atom is 0.256 e. The fraction of sp³-hybridized carbons (Fsp3) is 0.0500. The number of pyridine rings is 1. The van der Waals surface area contributed by atoms with Crippen LogP contribution >= 0.6 is 0 Å². The second-order valence-electron chi connectivity index (χ2n) is 6.02. The summed E-state index contributed by atoms with van der Waals surface area (Å²) in [7, 11) is 0. The van der Waals surface area contributed by atoms with Gasteiger partial charge in [0.15, 0.2) is 0 Å². The van der Waals surface area contributed by atoms with Crippen LogP contribution in [0.1, 0.15) is 15.9 Å². The second kappa shape index (κ2) is 7.67. The zero-order valence-electron chi connectivity index (χ0n) is 14.9. The largest absolute Gasteiger partial charge is 0.383 e. The molecule has 0 saturated carbocycles. The normalized spacial score (nSPS) is 10.6. The molecule has 0 bridgehead atoms. The molecular formula is C20H17N7O. The van der Waals surface area contributed by atoms with Crippen LogP contribution in [0.5, 0.6) is 0 Å². The van der Waals surface area contributed by atoms with Crippen molar-refractivity contribution < 1.29 is 4.79 Å². The molecule has 8 nitrogen and oxygen atoms in total. The van der Waals surface area contributed by atoms with E-state index in [1.165, 1.54) is 12.5 Å². The lowest BCUT2D eigenvalue weighted by Gasteiger charge is -2.06. The fourth-order valence-corrected chi connectivity index (χ4v) is 2.79. The SMILES string of the molecule is Nc1ncncc1C(=O)NCc1cn(-c2ccccc2)nc1-c1ccncc1. The van der Waals surface area contributed by atoms with Gasteiger partial charge in [0, 0.05) is 42.5 Å². The van der Waals surface area contributed by atoms with Crippen LogP contribution in [0.2, 0.25) is 0 Å². The molecule has 3 heterocycles. The van der Waals surface area contributed by atoms with Crippen LogP contribution in [0.4, 0.5) is 5.82 Å². The third-order valence-corrected chi connectivity index (χ3v) is 4.19. The van der Waals surface area contributed by atoms with Crippen molar-refractivity contribution in [3.63, 3.8) is 0 Å². The van der Waals surface area contributed by atoms with Gasteiger partial charge in [-0.15, -0.1) is 0 Å². The lowest BCUT2D eigenvalue weighted by atomic mass is 10.1. The van der Waals surface area contributed by atoms with E-state index in [0.717, 1.165) is 22.5 Å². The minimum absolute atomic E-state index is 0.141. The molecule has 0 spiro atoms.